The summed E-state index contributed by atoms with van der Waals surface area (Å²) >= 11 is 0. The number of ether oxygens (including phenoxy) is 2. The highest BCUT2D eigenvalue weighted by Gasteiger charge is 2.18. The highest BCUT2D eigenvalue weighted by atomic mass is 19.3. The Balaban J connectivity index is 1.96. The maximum absolute atomic E-state index is 12.4. The second-order valence-electron chi connectivity index (χ2n) is 5.71. The number of alkyl halides is 2. The number of benzene rings is 1. The Morgan fingerprint density at radius 1 is 1.29 bits per heavy atom. The van der Waals surface area contributed by atoms with E-state index in [9.17, 15) is 8.78 Å². The minimum absolute atomic E-state index is 0.0869. The zero-order chi connectivity index (χ0) is 15.2. The van der Waals surface area contributed by atoms with E-state index in [2.05, 4.69) is 17.0 Å². The Morgan fingerprint density at radius 3 is 2.76 bits per heavy atom. The lowest BCUT2D eigenvalue weighted by atomic mass is 9.87. The molecule has 0 spiro atoms. The van der Waals surface area contributed by atoms with E-state index in [1.807, 2.05) is 6.07 Å². The van der Waals surface area contributed by atoms with Crippen molar-refractivity contribution in [3.63, 3.8) is 0 Å². The molecule has 2 rings (SSSR count). The van der Waals surface area contributed by atoms with Crippen molar-refractivity contribution in [1.29, 1.82) is 0 Å². The van der Waals surface area contributed by atoms with Gasteiger partial charge in [-0.3, -0.25) is 0 Å². The van der Waals surface area contributed by atoms with Crippen molar-refractivity contribution in [3.05, 3.63) is 23.8 Å². The molecule has 0 aromatic heterocycles. The van der Waals surface area contributed by atoms with Crippen molar-refractivity contribution >= 4 is 0 Å². The molecule has 1 saturated carbocycles. The van der Waals surface area contributed by atoms with Crippen LogP contribution >= 0.6 is 0 Å². The third-order valence-corrected chi connectivity index (χ3v) is 3.98. The molecular weight excluding hydrogens is 276 g/mol. The summed E-state index contributed by atoms with van der Waals surface area (Å²) in [5, 5.41) is 3.50. The van der Waals surface area contributed by atoms with E-state index in [1.165, 1.54) is 32.8 Å². The van der Waals surface area contributed by atoms with Gasteiger partial charge in [0.15, 0.2) is 11.5 Å². The summed E-state index contributed by atoms with van der Waals surface area (Å²) in [6, 6.07) is 5.66. The van der Waals surface area contributed by atoms with Crippen LogP contribution in [0.15, 0.2) is 18.2 Å². The van der Waals surface area contributed by atoms with Crippen molar-refractivity contribution < 1.29 is 18.3 Å². The fourth-order valence-corrected chi connectivity index (χ4v) is 2.90. The first-order valence-corrected chi connectivity index (χ1v) is 7.43. The maximum atomic E-state index is 12.4. The SMILES string of the molecule is COc1ccc(CNC2CCCC(C)C2)cc1OC(F)F. The highest BCUT2D eigenvalue weighted by molar-refractivity contribution is 5.43. The standard InChI is InChI=1S/C16H23F2NO2/c1-11-4-3-5-13(8-11)19-10-12-6-7-14(20-2)15(9-12)21-16(17)18/h6-7,9,11,13,16,19H,3-5,8,10H2,1-2H3. The molecule has 1 aliphatic carbocycles. The van der Waals surface area contributed by atoms with Crippen LogP contribution in [0.4, 0.5) is 8.78 Å². The Labute approximate surface area is 124 Å². The Kier molecular flexibility index (Phi) is 5.79. The average Bonchev–Trinajstić information content (AvgIpc) is 2.45. The third-order valence-electron chi connectivity index (χ3n) is 3.98. The predicted molar refractivity (Wildman–Crippen MR) is 77.9 cm³/mol. The van der Waals surface area contributed by atoms with Gasteiger partial charge in [0.25, 0.3) is 0 Å². The molecule has 0 heterocycles. The quantitative estimate of drug-likeness (QED) is 0.862. The zero-order valence-corrected chi connectivity index (χ0v) is 12.6. The molecule has 1 aromatic carbocycles. The van der Waals surface area contributed by atoms with Gasteiger partial charge in [-0.25, -0.2) is 0 Å². The molecule has 0 bridgehead atoms. The lowest BCUT2D eigenvalue weighted by Gasteiger charge is -2.27. The topological polar surface area (TPSA) is 30.5 Å². The molecule has 118 valence electrons. The smallest absolute Gasteiger partial charge is 0.387 e. The van der Waals surface area contributed by atoms with Crippen molar-refractivity contribution in [2.24, 2.45) is 5.92 Å². The highest BCUT2D eigenvalue weighted by Crippen LogP contribution is 2.30. The molecule has 21 heavy (non-hydrogen) atoms. The van der Waals surface area contributed by atoms with Crippen LogP contribution in [-0.4, -0.2) is 19.8 Å². The van der Waals surface area contributed by atoms with Gasteiger partial charge in [0.05, 0.1) is 7.11 Å². The van der Waals surface area contributed by atoms with Gasteiger partial charge >= 0.3 is 6.61 Å². The van der Waals surface area contributed by atoms with Crippen LogP contribution in [0.1, 0.15) is 38.2 Å². The summed E-state index contributed by atoms with van der Waals surface area (Å²) in [4.78, 5) is 0. The van der Waals surface area contributed by atoms with E-state index in [4.69, 9.17) is 4.74 Å². The van der Waals surface area contributed by atoms with Gasteiger partial charge < -0.3 is 14.8 Å². The van der Waals surface area contributed by atoms with Gasteiger partial charge in [-0.05, 0) is 36.5 Å². The summed E-state index contributed by atoms with van der Waals surface area (Å²) in [6.07, 6.45) is 4.91. The maximum Gasteiger partial charge on any atom is 0.387 e. The summed E-state index contributed by atoms with van der Waals surface area (Å²) in [5.41, 5.74) is 0.921. The molecule has 0 radical (unpaired) electrons. The van der Waals surface area contributed by atoms with Crippen LogP contribution in [0, 0.1) is 5.92 Å². The van der Waals surface area contributed by atoms with Crippen LogP contribution in [0.3, 0.4) is 0 Å². The first-order chi connectivity index (χ1) is 10.1. The third kappa shape index (κ3) is 4.84. The monoisotopic (exact) mass is 299 g/mol. The van der Waals surface area contributed by atoms with Crippen LogP contribution in [-0.2, 0) is 6.54 Å². The molecule has 5 heteroatoms. The van der Waals surface area contributed by atoms with E-state index in [0.717, 1.165) is 11.5 Å². The summed E-state index contributed by atoms with van der Waals surface area (Å²) in [5.74, 6) is 1.17. The molecule has 1 N–H and O–H groups in total. The molecule has 3 nitrogen and oxygen atoms in total. The Bertz CT molecular complexity index is 454. The lowest BCUT2D eigenvalue weighted by molar-refractivity contribution is -0.0512. The Hall–Kier alpha value is -1.36. The minimum Gasteiger partial charge on any atom is -0.493 e. The molecule has 0 saturated heterocycles. The van der Waals surface area contributed by atoms with Crippen LogP contribution in [0.25, 0.3) is 0 Å². The van der Waals surface area contributed by atoms with Gasteiger partial charge in [0, 0.05) is 12.6 Å². The van der Waals surface area contributed by atoms with E-state index in [-0.39, 0.29) is 5.75 Å². The lowest BCUT2D eigenvalue weighted by Crippen LogP contribution is -2.33. The molecule has 1 fully saturated rings. The van der Waals surface area contributed by atoms with Gasteiger partial charge in [-0.15, -0.1) is 0 Å². The molecule has 1 aliphatic rings. The van der Waals surface area contributed by atoms with Gasteiger partial charge in [-0.1, -0.05) is 25.8 Å². The van der Waals surface area contributed by atoms with E-state index >= 15 is 0 Å². The van der Waals surface area contributed by atoms with Gasteiger partial charge in [0.2, 0.25) is 0 Å². The second kappa shape index (κ2) is 7.59. The summed E-state index contributed by atoms with van der Waals surface area (Å²) in [7, 11) is 1.44. The molecule has 2 unspecified atom stereocenters. The summed E-state index contributed by atoms with van der Waals surface area (Å²) in [6.45, 7) is 0.0813. The van der Waals surface area contributed by atoms with E-state index < -0.39 is 6.61 Å². The number of hydrogen-bond acceptors (Lipinski definition) is 3. The predicted octanol–water partition coefficient (Wildman–Crippen LogP) is 3.96. The fraction of sp³-hybridized carbons (Fsp3) is 0.625. The second-order valence-corrected chi connectivity index (χ2v) is 5.71. The van der Waals surface area contributed by atoms with Crippen molar-refractivity contribution in [1.82, 2.24) is 5.32 Å². The molecule has 1 aromatic rings. The molecule has 0 aliphatic heterocycles. The average molecular weight is 299 g/mol. The van der Waals surface area contributed by atoms with E-state index in [0.29, 0.717) is 18.3 Å². The fourth-order valence-electron chi connectivity index (χ4n) is 2.90. The van der Waals surface area contributed by atoms with Crippen LogP contribution in [0.2, 0.25) is 0 Å². The largest absolute Gasteiger partial charge is 0.493 e. The van der Waals surface area contributed by atoms with Crippen LogP contribution < -0.4 is 14.8 Å². The van der Waals surface area contributed by atoms with Crippen molar-refractivity contribution in [2.75, 3.05) is 7.11 Å². The number of halogens is 2. The van der Waals surface area contributed by atoms with Gasteiger partial charge in [0.1, 0.15) is 0 Å². The Morgan fingerprint density at radius 2 is 2.10 bits per heavy atom. The van der Waals surface area contributed by atoms with Crippen molar-refractivity contribution in [2.45, 2.75) is 51.8 Å². The number of methoxy groups -OCH3 is 1. The first kappa shape index (κ1) is 16.0. The number of hydrogen-bond donors (Lipinski definition) is 1. The van der Waals surface area contributed by atoms with Gasteiger partial charge in [-0.2, -0.15) is 8.78 Å². The molecular formula is C16H23F2NO2. The normalized spacial score (nSPS) is 22.3. The number of rotatable bonds is 6. The molecule has 2 atom stereocenters. The zero-order valence-electron chi connectivity index (χ0n) is 12.6. The van der Waals surface area contributed by atoms with Crippen LogP contribution in [0.5, 0.6) is 11.5 Å². The summed E-state index contributed by atoms with van der Waals surface area (Å²) < 4.78 is 34.3. The molecule has 0 amide bonds. The number of nitrogens with one attached hydrogen (secondary N) is 1. The van der Waals surface area contributed by atoms with E-state index in [1.54, 1.807) is 12.1 Å². The first-order valence-electron chi connectivity index (χ1n) is 7.43. The van der Waals surface area contributed by atoms with Crippen molar-refractivity contribution in [3.8, 4) is 11.5 Å². The minimum atomic E-state index is -2.85.